The van der Waals surface area contributed by atoms with Crippen molar-refractivity contribution in [2.45, 2.75) is 20.3 Å². The second kappa shape index (κ2) is 5.26. The maximum Gasteiger partial charge on any atom is -0.00222 e. The lowest BCUT2D eigenvalue weighted by Crippen LogP contribution is -1.78. The largest absolute Gasteiger partial charge is 0.121 e. The van der Waals surface area contributed by atoms with Crippen LogP contribution < -0.4 is 0 Å². The first kappa shape index (κ1) is 10.6. The summed E-state index contributed by atoms with van der Waals surface area (Å²) in [4.78, 5) is 0. The molecule has 0 spiro atoms. The first-order valence-electron chi connectivity index (χ1n) is 4.83. The van der Waals surface area contributed by atoms with Gasteiger partial charge in [-0.3, -0.25) is 0 Å². The van der Waals surface area contributed by atoms with Crippen molar-refractivity contribution in [1.29, 1.82) is 0 Å². The van der Waals surface area contributed by atoms with Gasteiger partial charge in [0.2, 0.25) is 0 Å². The van der Waals surface area contributed by atoms with Crippen molar-refractivity contribution in [3.8, 4) is 0 Å². The molecule has 0 aliphatic carbocycles. The van der Waals surface area contributed by atoms with Gasteiger partial charge in [0.1, 0.15) is 0 Å². The van der Waals surface area contributed by atoms with Crippen LogP contribution in [0, 0.1) is 6.92 Å². The Kier molecular flexibility index (Phi) is 3.97. The van der Waals surface area contributed by atoms with E-state index in [4.69, 9.17) is 0 Å². The van der Waals surface area contributed by atoms with E-state index >= 15 is 0 Å². The molecule has 0 aliphatic rings. The van der Waals surface area contributed by atoms with E-state index in [2.05, 4.69) is 50.4 Å². The first-order chi connectivity index (χ1) is 6.74. The van der Waals surface area contributed by atoms with E-state index in [1.54, 1.807) is 0 Å². The minimum Gasteiger partial charge on any atom is -0.121 e. The second-order valence-corrected chi connectivity index (χ2v) is 3.36. The Morgan fingerprint density at radius 1 is 1.36 bits per heavy atom. The Morgan fingerprint density at radius 2 is 2.00 bits per heavy atom. The van der Waals surface area contributed by atoms with Gasteiger partial charge in [-0.1, -0.05) is 35.9 Å². The molecular weight excluding hydrogens is 168 g/mol. The molecule has 0 heterocycles. The van der Waals surface area contributed by atoms with Crippen LogP contribution in [0.5, 0.6) is 0 Å². The van der Waals surface area contributed by atoms with Gasteiger partial charge in [0.05, 0.1) is 0 Å². The van der Waals surface area contributed by atoms with E-state index in [0.717, 1.165) is 6.42 Å². The average molecular weight is 184 g/mol. The maximum atomic E-state index is 3.66. The number of benzene rings is 1. The average Bonchev–Trinajstić information content (AvgIpc) is 2.19. The van der Waals surface area contributed by atoms with Crippen LogP contribution in [0.4, 0.5) is 0 Å². The number of allylic oxidation sites excluding steroid dienone is 2. The number of hydrogen-bond donors (Lipinski definition) is 0. The molecular formula is C14H16. The van der Waals surface area contributed by atoms with Gasteiger partial charge in [-0.15, -0.1) is 12.3 Å². The highest BCUT2D eigenvalue weighted by Gasteiger charge is 1.92. The monoisotopic (exact) mass is 184 g/mol. The summed E-state index contributed by atoms with van der Waals surface area (Å²) in [5, 5.41) is 0. The van der Waals surface area contributed by atoms with Crippen molar-refractivity contribution in [1.82, 2.24) is 0 Å². The summed E-state index contributed by atoms with van der Waals surface area (Å²) in [7, 11) is 0. The Balaban J connectivity index is 2.88. The van der Waals surface area contributed by atoms with E-state index in [0.29, 0.717) is 0 Å². The molecule has 0 bridgehead atoms. The summed E-state index contributed by atoms with van der Waals surface area (Å²) in [6, 6.07) is 8.49. The summed E-state index contributed by atoms with van der Waals surface area (Å²) in [5.41, 5.74) is 6.93. The Hall–Kier alpha value is -1.52. The number of hydrogen-bond acceptors (Lipinski definition) is 0. The van der Waals surface area contributed by atoms with Crippen LogP contribution in [-0.2, 0) is 0 Å². The normalized spacial score (nSPS) is 9.00. The van der Waals surface area contributed by atoms with E-state index in [1.807, 2.05) is 12.2 Å². The lowest BCUT2D eigenvalue weighted by atomic mass is 10.1. The van der Waals surface area contributed by atoms with Crippen molar-refractivity contribution in [3.63, 3.8) is 0 Å². The molecule has 0 radical (unpaired) electrons. The summed E-state index contributed by atoms with van der Waals surface area (Å²) in [6.45, 7) is 7.83. The van der Waals surface area contributed by atoms with Crippen LogP contribution >= 0.6 is 0 Å². The Bertz CT molecular complexity index is 360. The topological polar surface area (TPSA) is 0 Å². The fourth-order valence-corrected chi connectivity index (χ4v) is 1.18. The fraction of sp³-hybridized carbons (Fsp3) is 0.214. The van der Waals surface area contributed by atoms with Gasteiger partial charge in [0.25, 0.3) is 0 Å². The van der Waals surface area contributed by atoms with Gasteiger partial charge in [-0.05, 0) is 37.5 Å². The SMILES string of the molecule is C=CCC=C=C(C)c1ccc(C)cc1. The van der Waals surface area contributed by atoms with Crippen molar-refractivity contribution in [3.05, 3.63) is 59.9 Å². The minimum atomic E-state index is 0.878. The molecule has 0 saturated heterocycles. The Labute approximate surface area is 86.3 Å². The van der Waals surface area contributed by atoms with E-state index in [-0.39, 0.29) is 0 Å². The molecule has 0 atom stereocenters. The molecule has 1 aromatic rings. The van der Waals surface area contributed by atoms with Gasteiger partial charge in [-0.2, -0.15) is 0 Å². The number of aryl methyl sites for hydroxylation is 1. The second-order valence-electron chi connectivity index (χ2n) is 3.36. The van der Waals surface area contributed by atoms with Crippen molar-refractivity contribution in [2.75, 3.05) is 0 Å². The van der Waals surface area contributed by atoms with Gasteiger partial charge in [0, 0.05) is 0 Å². The summed E-state index contributed by atoms with van der Waals surface area (Å²) >= 11 is 0. The molecule has 0 heteroatoms. The standard InChI is InChI=1S/C14H16/c1-4-5-6-7-13(3)14-10-8-12(2)9-11-14/h4,6,8-11H,1,5H2,2-3H3. The highest BCUT2D eigenvalue weighted by molar-refractivity contribution is 5.63. The van der Waals surface area contributed by atoms with E-state index in [1.165, 1.54) is 16.7 Å². The molecule has 14 heavy (non-hydrogen) atoms. The lowest BCUT2D eigenvalue weighted by molar-refractivity contribution is 1.41. The van der Waals surface area contributed by atoms with Crippen LogP contribution in [0.1, 0.15) is 24.5 Å². The Morgan fingerprint density at radius 3 is 2.57 bits per heavy atom. The summed E-state index contributed by atoms with van der Waals surface area (Å²) in [6.07, 6.45) is 4.75. The highest BCUT2D eigenvalue weighted by atomic mass is 14.0. The van der Waals surface area contributed by atoms with Crippen LogP contribution in [-0.4, -0.2) is 0 Å². The zero-order valence-corrected chi connectivity index (χ0v) is 8.88. The first-order valence-corrected chi connectivity index (χ1v) is 4.83. The molecule has 0 nitrogen and oxygen atoms in total. The molecule has 0 N–H and O–H groups in total. The predicted octanol–water partition coefficient (Wildman–Crippen LogP) is 4.13. The molecule has 1 rings (SSSR count). The zero-order valence-electron chi connectivity index (χ0n) is 8.88. The smallest absolute Gasteiger partial charge is 0.00222 e. The lowest BCUT2D eigenvalue weighted by Gasteiger charge is -1.98. The third kappa shape index (κ3) is 3.08. The highest BCUT2D eigenvalue weighted by Crippen LogP contribution is 2.12. The summed E-state index contributed by atoms with van der Waals surface area (Å²) < 4.78 is 0. The predicted molar refractivity (Wildman–Crippen MR) is 63.2 cm³/mol. The van der Waals surface area contributed by atoms with Gasteiger partial charge >= 0.3 is 0 Å². The molecule has 0 aliphatic heterocycles. The molecule has 72 valence electrons. The summed E-state index contributed by atoms with van der Waals surface area (Å²) in [5.74, 6) is 0. The van der Waals surface area contributed by atoms with Crippen LogP contribution in [0.3, 0.4) is 0 Å². The third-order valence-corrected chi connectivity index (χ3v) is 2.09. The maximum absolute atomic E-state index is 3.66. The van der Waals surface area contributed by atoms with Crippen molar-refractivity contribution < 1.29 is 0 Å². The van der Waals surface area contributed by atoms with Gasteiger partial charge in [-0.25, -0.2) is 0 Å². The third-order valence-electron chi connectivity index (χ3n) is 2.09. The quantitative estimate of drug-likeness (QED) is 0.489. The van der Waals surface area contributed by atoms with Crippen molar-refractivity contribution >= 4 is 5.57 Å². The molecule has 0 aromatic heterocycles. The molecule has 0 saturated carbocycles. The molecule has 0 amide bonds. The van der Waals surface area contributed by atoms with Crippen LogP contribution in [0.2, 0.25) is 0 Å². The zero-order chi connectivity index (χ0) is 10.4. The van der Waals surface area contributed by atoms with Crippen LogP contribution in [0.25, 0.3) is 5.57 Å². The van der Waals surface area contributed by atoms with Crippen LogP contribution in [0.15, 0.2) is 48.7 Å². The molecule has 0 unspecified atom stereocenters. The van der Waals surface area contributed by atoms with Gasteiger partial charge in [0.15, 0.2) is 0 Å². The van der Waals surface area contributed by atoms with Crippen molar-refractivity contribution in [2.24, 2.45) is 0 Å². The van der Waals surface area contributed by atoms with E-state index in [9.17, 15) is 0 Å². The number of rotatable bonds is 3. The fourth-order valence-electron chi connectivity index (χ4n) is 1.18. The molecule has 1 aromatic carbocycles. The van der Waals surface area contributed by atoms with E-state index < -0.39 is 0 Å². The van der Waals surface area contributed by atoms with Gasteiger partial charge < -0.3 is 0 Å². The minimum absolute atomic E-state index is 0.878. The molecule has 0 fully saturated rings.